The second-order valence-corrected chi connectivity index (χ2v) is 9.10. The Kier molecular flexibility index (Phi) is 10.0. The fraction of sp³-hybridized carbons (Fsp3) is 0.269. The first kappa shape index (κ1) is 28.4. The van der Waals surface area contributed by atoms with Gasteiger partial charge < -0.3 is 15.2 Å². The summed E-state index contributed by atoms with van der Waals surface area (Å²) in [5.74, 6) is -0.539. The number of allylic oxidation sites excluding steroid dienone is 3. The molecular weight excluding hydrogens is 511 g/mol. The predicted molar refractivity (Wildman–Crippen MR) is 146 cm³/mol. The van der Waals surface area contributed by atoms with Gasteiger partial charge >= 0.3 is 6.09 Å². The molecule has 3 N–H and O–H groups in total. The summed E-state index contributed by atoms with van der Waals surface area (Å²) in [4.78, 5) is 30.3. The van der Waals surface area contributed by atoms with Crippen LogP contribution in [0.3, 0.4) is 0 Å². The Balaban J connectivity index is 0.00000127. The van der Waals surface area contributed by atoms with E-state index in [-0.39, 0.29) is 31.0 Å². The quantitative estimate of drug-likeness (QED) is 0.191. The predicted octanol–water partition coefficient (Wildman–Crippen LogP) is 4.11. The molecule has 2 aromatic heterocycles. The van der Waals surface area contributed by atoms with Crippen LogP contribution in [0, 0.1) is 12.7 Å². The summed E-state index contributed by atoms with van der Waals surface area (Å²) in [6.07, 6.45) is 6.32. The van der Waals surface area contributed by atoms with Crippen LogP contribution < -0.4 is 11.1 Å². The highest BCUT2D eigenvalue weighted by atomic mass is 32.1. The van der Waals surface area contributed by atoms with Crippen LogP contribution in [0.1, 0.15) is 22.0 Å². The van der Waals surface area contributed by atoms with Gasteiger partial charge in [0.05, 0.1) is 33.6 Å². The van der Waals surface area contributed by atoms with Gasteiger partial charge in [-0.25, -0.2) is 18.9 Å². The SMILES string of the molecule is C=C/C=C(\C=NC)c1nn(-c2ccc(NC(=O)OCCOC)cc2F)c2c1CCc1nc(C)sc1-2.NC=O. The van der Waals surface area contributed by atoms with E-state index in [1.54, 1.807) is 47.5 Å². The van der Waals surface area contributed by atoms with Gasteiger partial charge in [-0.1, -0.05) is 18.7 Å². The van der Waals surface area contributed by atoms with Crippen LogP contribution in [0.5, 0.6) is 0 Å². The maximum Gasteiger partial charge on any atom is 0.411 e. The number of nitrogens with two attached hydrogens (primary N) is 1. The van der Waals surface area contributed by atoms with Crippen molar-refractivity contribution in [2.45, 2.75) is 19.8 Å². The minimum atomic E-state index is -0.684. The first-order valence-corrected chi connectivity index (χ1v) is 12.4. The highest BCUT2D eigenvalue weighted by Crippen LogP contribution is 2.42. The van der Waals surface area contributed by atoms with Crippen molar-refractivity contribution in [3.63, 3.8) is 0 Å². The van der Waals surface area contributed by atoms with Crippen molar-refractivity contribution < 1.29 is 23.5 Å². The Labute approximate surface area is 223 Å². The summed E-state index contributed by atoms with van der Waals surface area (Å²) in [7, 11) is 3.20. The molecule has 0 radical (unpaired) electrons. The summed E-state index contributed by atoms with van der Waals surface area (Å²) in [5.41, 5.74) is 9.04. The summed E-state index contributed by atoms with van der Waals surface area (Å²) >= 11 is 1.57. The zero-order chi connectivity index (χ0) is 27.7. The number of fused-ring (bicyclic) bond motifs is 3. The molecule has 2 amide bonds. The lowest BCUT2D eigenvalue weighted by atomic mass is 9.95. The van der Waals surface area contributed by atoms with E-state index >= 15 is 4.39 Å². The van der Waals surface area contributed by atoms with Gasteiger partial charge in [0.2, 0.25) is 6.41 Å². The number of methoxy groups -OCH3 is 1. The van der Waals surface area contributed by atoms with E-state index in [2.05, 4.69) is 27.6 Å². The number of amides is 2. The Morgan fingerprint density at radius 3 is 2.79 bits per heavy atom. The standard InChI is InChI=1S/C25H26FN5O3S.CH3NO/c1-5-6-16(14-27-3)22-18-8-9-20-24(35-15(2)28-20)23(18)31(30-22)21-10-7-17(13-19(21)26)29-25(32)34-12-11-33-4;2-1-3/h5-7,10,13-14H,1,8-9,11-12H2,2-4H3,(H,29,32);1H,(H2,2,3)/b16-6+,27-14?;. The number of anilines is 1. The third-order valence-corrected chi connectivity index (χ3v) is 6.42. The maximum atomic E-state index is 15.4. The minimum absolute atomic E-state index is 0.101. The van der Waals surface area contributed by atoms with E-state index in [0.29, 0.717) is 0 Å². The number of carbonyl (C=O) groups excluding carboxylic acids is 2. The smallest absolute Gasteiger partial charge is 0.411 e. The topological polar surface area (TPSA) is 134 Å². The molecule has 0 bridgehead atoms. The van der Waals surface area contributed by atoms with Crippen molar-refractivity contribution in [3.8, 4) is 16.3 Å². The minimum Gasteiger partial charge on any atom is -0.447 e. The average Bonchev–Trinajstić information content (AvgIpc) is 3.44. The van der Waals surface area contributed by atoms with Gasteiger partial charge in [0.1, 0.15) is 12.3 Å². The van der Waals surface area contributed by atoms with Gasteiger partial charge in [-0.3, -0.25) is 15.1 Å². The Hall–Kier alpha value is -4.16. The fourth-order valence-corrected chi connectivity index (χ4v) is 5.00. The van der Waals surface area contributed by atoms with Crippen molar-refractivity contribution in [3.05, 3.63) is 64.7 Å². The molecule has 0 saturated heterocycles. The average molecular weight is 541 g/mol. The van der Waals surface area contributed by atoms with Crippen LogP contribution >= 0.6 is 11.3 Å². The Bertz CT molecular complexity index is 1380. The molecule has 38 heavy (non-hydrogen) atoms. The Morgan fingerprint density at radius 1 is 1.37 bits per heavy atom. The number of aromatic nitrogens is 3. The molecule has 1 aliphatic rings. The molecule has 0 aliphatic heterocycles. The van der Waals surface area contributed by atoms with Gasteiger partial charge in [0.15, 0.2) is 5.82 Å². The number of rotatable bonds is 8. The number of primary amides is 1. The number of ether oxygens (including phenoxy) is 2. The van der Waals surface area contributed by atoms with Crippen LogP contribution in [-0.4, -0.2) is 60.9 Å². The molecule has 200 valence electrons. The molecule has 3 aromatic rings. The lowest BCUT2D eigenvalue weighted by Gasteiger charge is -2.15. The second kappa shape index (κ2) is 13.4. The van der Waals surface area contributed by atoms with Crippen molar-refractivity contribution in [2.75, 3.05) is 32.7 Å². The Morgan fingerprint density at radius 2 is 2.13 bits per heavy atom. The number of thiazole rings is 1. The van der Waals surface area contributed by atoms with Crippen molar-refractivity contribution >= 4 is 41.3 Å². The number of carbonyl (C=O) groups is 2. The van der Waals surface area contributed by atoms with Crippen LogP contribution in [-0.2, 0) is 27.1 Å². The van der Waals surface area contributed by atoms with E-state index in [9.17, 15) is 4.79 Å². The van der Waals surface area contributed by atoms with Crippen molar-refractivity contribution in [1.29, 1.82) is 0 Å². The van der Waals surface area contributed by atoms with Gasteiger partial charge in [-0.15, -0.1) is 11.3 Å². The molecule has 0 atom stereocenters. The van der Waals surface area contributed by atoms with E-state index in [0.717, 1.165) is 50.9 Å². The number of nitrogens with zero attached hydrogens (tertiary/aromatic N) is 4. The first-order valence-electron chi connectivity index (χ1n) is 11.6. The number of hydrogen-bond acceptors (Lipinski definition) is 8. The third kappa shape index (κ3) is 6.39. The fourth-order valence-electron chi connectivity index (χ4n) is 3.97. The molecule has 10 nitrogen and oxygen atoms in total. The van der Waals surface area contributed by atoms with E-state index in [4.69, 9.17) is 19.4 Å². The summed E-state index contributed by atoms with van der Waals surface area (Å²) in [5, 5.41) is 8.30. The zero-order valence-corrected chi connectivity index (χ0v) is 22.2. The molecule has 12 heteroatoms. The highest BCUT2D eigenvalue weighted by molar-refractivity contribution is 7.15. The lowest BCUT2D eigenvalue weighted by Crippen LogP contribution is -2.16. The molecule has 4 rings (SSSR count). The van der Waals surface area contributed by atoms with Crippen LogP contribution in [0.2, 0.25) is 0 Å². The zero-order valence-electron chi connectivity index (χ0n) is 21.4. The van der Waals surface area contributed by atoms with Gasteiger partial charge in [0, 0.05) is 37.2 Å². The molecule has 0 unspecified atom stereocenters. The second-order valence-electron chi connectivity index (χ2n) is 7.90. The lowest BCUT2D eigenvalue weighted by molar-refractivity contribution is -0.106. The van der Waals surface area contributed by atoms with Crippen LogP contribution in [0.25, 0.3) is 21.8 Å². The van der Waals surface area contributed by atoms with Crippen LogP contribution in [0.4, 0.5) is 14.9 Å². The number of aryl methyl sites for hydroxylation is 2. The van der Waals surface area contributed by atoms with Crippen molar-refractivity contribution in [1.82, 2.24) is 14.8 Å². The number of aliphatic imine (C=N–C) groups is 1. The van der Waals surface area contributed by atoms with Gasteiger partial charge in [0.25, 0.3) is 0 Å². The molecule has 2 heterocycles. The van der Waals surface area contributed by atoms with Gasteiger partial charge in [-0.05, 0) is 38.0 Å². The molecule has 1 aromatic carbocycles. The molecular formula is C26H29FN6O4S. The van der Waals surface area contributed by atoms with Gasteiger partial charge in [-0.2, -0.15) is 5.10 Å². The molecule has 0 fully saturated rings. The normalized spacial score (nSPS) is 12.3. The first-order chi connectivity index (χ1) is 18.4. The van der Waals surface area contributed by atoms with E-state index in [1.165, 1.54) is 13.2 Å². The third-order valence-electron chi connectivity index (χ3n) is 5.40. The monoisotopic (exact) mass is 540 g/mol. The summed E-state index contributed by atoms with van der Waals surface area (Å²) in [6, 6.07) is 4.44. The summed E-state index contributed by atoms with van der Waals surface area (Å²) in [6.45, 7) is 6.14. The number of halogens is 1. The highest BCUT2D eigenvalue weighted by Gasteiger charge is 2.30. The molecule has 0 spiro atoms. The number of benzene rings is 1. The van der Waals surface area contributed by atoms with E-state index in [1.807, 2.05) is 13.0 Å². The van der Waals surface area contributed by atoms with Crippen molar-refractivity contribution in [2.24, 2.45) is 10.7 Å². The largest absolute Gasteiger partial charge is 0.447 e. The molecule has 0 saturated carbocycles. The number of nitrogens with one attached hydrogen (secondary N) is 1. The maximum absolute atomic E-state index is 15.4. The van der Waals surface area contributed by atoms with Crippen LogP contribution in [0.15, 0.2) is 41.9 Å². The summed E-state index contributed by atoms with van der Waals surface area (Å²) < 4.78 is 26.9. The van der Waals surface area contributed by atoms with E-state index < -0.39 is 11.9 Å². The molecule has 1 aliphatic carbocycles. The number of hydrogen-bond donors (Lipinski definition) is 2.